The normalized spacial score (nSPS) is 14.2. The SMILES string of the molecule is COc1cc(-c2cnn(C3CC3)c2)cc(C(C)CCn2cc(-c3cc(SC)ccc3OC(C)C)cn2)c1. The fraction of sp³-hybridized carbons (Fsp3) is 0.400. The minimum absolute atomic E-state index is 0.116. The van der Waals surface area contributed by atoms with Gasteiger partial charge in [-0.15, -0.1) is 11.8 Å². The van der Waals surface area contributed by atoms with Crippen molar-refractivity contribution in [3.63, 3.8) is 0 Å². The Balaban J connectivity index is 1.31. The molecule has 0 spiro atoms. The smallest absolute Gasteiger partial charge is 0.127 e. The van der Waals surface area contributed by atoms with Crippen molar-refractivity contribution in [2.24, 2.45) is 0 Å². The lowest BCUT2D eigenvalue weighted by atomic mass is 9.94. The molecule has 1 fully saturated rings. The van der Waals surface area contributed by atoms with Crippen molar-refractivity contribution in [2.45, 2.75) is 69.5 Å². The molecular formula is C30H36N4O2S. The van der Waals surface area contributed by atoms with Gasteiger partial charge in [-0.05, 0) is 86.7 Å². The van der Waals surface area contributed by atoms with E-state index in [1.165, 1.54) is 23.3 Å². The summed E-state index contributed by atoms with van der Waals surface area (Å²) in [5.41, 5.74) is 5.73. The number of aryl methyl sites for hydroxylation is 1. The average Bonchev–Trinajstić information content (AvgIpc) is 3.44. The van der Waals surface area contributed by atoms with E-state index < -0.39 is 0 Å². The highest BCUT2D eigenvalue weighted by Crippen LogP contribution is 2.37. The fourth-order valence-corrected chi connectivity index (χ4v) is 4.99. The van der Waals surface area contributed by atoms with Gasteiger partial charge in [0.2, 0.25) is 0 Å². The van der Waals surface area contributed by atoms with Crippen LogP contribution in [0.1, 0.15) is 57.6 Å². The predicted molar refractivity (Wildman–Crippen MR) is 151 cm³/mol. The molecule has 0 bridgehead atoms. The summed E-state index contributed by atoms with van der Waals surface area (Å²) in [7, 11) is 1.73. The number of methoxy groups -OCH3 is 1. The van der Waals surface area contributed by atoms with Gasteiger partial charge in [0.1, 0.15) is 11.5 Å². The average molecular weight is 517 g/mol. The second kappa shape index (κ2) is 11.1. The highest BCUT2D eigenvalue weighted by atomic mass is 32.2. The van der Waals surface area contributed by atoms with E-state index in [0.717, 1.165) is 46.7 Å². The van der Waals surface area contributed by atoms with Crippen molar-refractivity contribution in [1.29, 1.82) is 0 Å². The molecule has 1 aliphatic rings. The van der Waals surface area contributed by atoms with Crippen LogP contribution in [-0.2, 0) is 6.54 Å². The molecule has 0 radical (unpaired) electrons. The molecule has 1 atom stereocenters. The van der Waals surface area contributed by atoms with E-state index in [0.29, 0.717) is 12.0 Å². The topological polar surface area (TPSA) is 54.1 Å². The summed E-state index contributed by atoms with van der Waals surface area (Å²) in [6.45, 7) is 7.21. The van der Waals surface area contributed by atoms with Crippen LogP contribution >= 0.6 is 11.8 Å². The maximum absolute atomic E-state index is 6.09. The maximum Gasteiger partial charge on any atom is 0.127 e. The van der Waals surface area contributed by atoms with Crippen LogP contribution in [0.5, 0.6) is 11.5 Å². The Hall–Kier alpha value is -3.19. The van der Waals surface area contributed by atoms with E-state index in [9.17, 15) is 0 Å². The molecule has 0 saturated heterocycles. The Morgan fingerprint density at radius 2 is 1.78 bits per heavy atom. The molecule has 2 aromatic heterocycles. The minimum atomic E-state index is 0.116. The number of aromatic nitrogens is 4. The third-order valence-electron chi connectivity index (χ3n) is 6.87. The third kappa shape index (κ3) is 6.04. The Labute approximate surface area is 224 Å². The van der Waals surface area contributed by atoms with Gasteiger partial charge in [-0.25, -0.2) is 0 Å². The number of rotatable bonds is 11. The van der Waals surface area contributed by atoms with Gasteiger partial charge < -0.3 is 9.47 Å². The first-order valence-corrected chi connectivity index (χ1v) is 14.3. The van der Waals surface area contributed by atoms with Gasteiger partial charge in [-0.3, -0.25) is 9.36 Å². The van der Waals surface area contributed by atoms with Crippen molar-refractivity contribution in [2.75, 3.05) is 13.4 Å². The van der Waals surface area contributed by atoms with Crippen molar-refractivity contribution in [1.82, 2.24) is 19.6 Å². The largest absolute Gasteiger partial charge is 0.497 e. The Morgan fingerprint density at radius 1 is 0.973 bits per heavy atom. The first kappa shape index (κ1) is 25.5. The van der Waals surface area contributed by atoms with Crippen LogP contribution in [0.2, 0.25) is 0 Å². The van der Waals surface area contributed by atoms with Crippen LogP contribution in [0.25, 0.3) is 22.3 Å². The van der Waals surface area contributed by atoms with Crippen LogP contribution in [0.15, 0.2) is 66.1 Å². The van der Waals surface area contributed by atoms with Gasteiger partial charge in [-0.2, -0.15) is 10.2 Å². The molecule has 7 heteroatoms. The lowest BCUT2D eigenvalue weighted by Gasteiger charge is -2.15. The van der Waals surface area contributed by atoms with Crippen molar-refractivity contribution in [3.05, 3.63) is 66.7 Å². The predicted octanol–water partition coefficient (Wildman–Crippen LogP) is 7.46. The summed E-state index contributed by atoms with van der Waals surface area (Å²) in [6, 6.07) is 13.5. The fourth-order valence-electron chi connectivity index (χ4n) is 4.55. The number of thioether (sulfide) groups is 1. The molecule has 1 unspecified atom stereocenters. The summed E-state index contributed by atoms with van der Waals surface area (Å²) in [4.78, 5) is 1.21. The number of benzene rings is 2. The summed E-state index contributed by atoms with van der Waals surface area (Å²) in [5, 5.41) is 9.25. The van der Waals surface area contributed by atoms with Crippen LogP contribution in [0.4, 0.5) is 0 Å². The second-order valence-electron chi connectivity index (χ2n) is 10.1. The van der Waals surface area contributed by atoms with Crippen molar-refractivity contribution in [3.8, 4) is 33.8 Å². The Morgan fingerprint density at radius 3 is 2.51 bits per heavy atom. The van der Waals surface area contributed by atoms with E-state index in [4.69, 9.17) is 9.47 Å². The third-order valence-corrected chi connectivity index (χ3v) is 7.60. The van der Waals surface area contributed by atoms with Crippen LogP contribution in [0.3, 0.4) is 0 Å². The summed E-state index contributed by atoms with van der Waals surface area (Å²) >= 11 is 1.73. The summed E-state index contributed by atoms with van der Waals surface area (Å²) in [5.74, 6) is 2.13. The first-order chi connectivity index (χ1) is 17.9. The van der Waals surface area contributed by atoms with Crippen LogP contribution < -0.4 is 9.47 Å². The zero-order valence-corrected chi connectivity index (χ0v) is 23.2. The van der Waals surface area contributed by atoms with E-state index >= 15 is 0 Å². The molecule has 2 heterocycles. The van der Waals surface area contributed by atoms with Gasteiger partial charge in [0.25, 0.3) is 0 Å². The molecule has 5 rings (SSSR count). The van der Waals surface area contributed by atoms with Crippen molar-refractivity contribution < 1.29 is 9.47 Å². The van der Waals surface area contributed by atoms with Gasteiger partial charge >= 0.3 is 0 Å². The molecule has 6 nitrogen and oxygen atoms in total. The number of nitrogens with zero attached hydrogens (tertiary/aromatic N) is 4. The first-order valence-electron chi connectivity index (χ1n) is 13.0. The van der Waals surface area contributed by atoms with Crippen molar-refractivity contribution >= 4 is 11.8 Å². The molecule has 37 heavy (non-hydrogen) atoms. The molecule has 0 aliphatic heterocycles. The minimum Gasteiger partial charge on any atom is -0.497 e. The molecule has 0 N–H and O–H groups in total. The molecule has 1 saturated carbocycles. The second-order valence-corrected chi connectivity index (χ2v) is 11.0. The van der Waals surface area contributed by atoms with E-state index in [2.05, 4.69) is 90.7 Å². The molecule has 1 aliphatic carbocycles. The quantitative estimate of drug-likeness (QED) is 0.194. The van der Waals surface area contributed by atoms with E-state index in [1.807, 2.05) is 17.1 Å². The lowest BCUT2D eigenvalue weighted by Crippen LogP contribution is -2.06. The standard InChI is InChI=1S/C30H36N4O2S/c1-20(2)36-30-9-8-28(37-5)15-29(30)25-17-31-33(18-25)11-10-21(3)22-12-23(14-27(13-22)35-4)24-16-32-34(19-24)26-6-7-26/h8-9,12-21,26H,6-7,10-11H2,1-5H3. The molecule has 2 aromatic carbocycles. The molecule has 4 aromatic rings. The van der Waals surface area contributed by atoms with Crippen LogP contribution in [0, 0.1) is 0 Å². The number of ether oxygens (including phenoxy) is 2. The highest BCUT2D eigenvalue weighted by Gasteiger charge is 2.24. The van der Waals surface area contributed by atoms with Gasteiger partial charge in [0.05, 0.1) is 31.6 Å². The maximum atomic E-state index is 6.09. The number of hydrogen-bond acceptors (Lipinski definition) is 5. The molecular weight excluding hydrogens is 480 g/mol. The van der Waals surface area contributed by atoms with Gasteiger partial charge in [0.15, 0.2) is 0 Å². The van der Waals surface area contributed by atoms with Crippen LogP contribution in [-0.4, -0.2) is 39.0 Å². The zero-order valence-electron chi connectivity index (χ0n) is 22.3. The molecule has 0 amide bonds. The Kier molecular flexibility index (Phi) is 7.60. The van der Waals surface area contributed by atoms with Gasteiger partial charge in [0, 0.05) is 40.5 Å². The summed E-state index contributed by atoms with van der Waals surface area (Å²) in [6.07, 6.45) is 13.8. The monoisotopic (exact) mass is 516 g/mol. The number of hydrogen-bond donors (Lipinski definition) is 0. The highest BCUT2D eigenvalue weighted by molar-refractivity contribution is 7.98. The van der Waals surface area contributed by atoms with E-state index in [-0.39, 0.29) is 6.10 Å². The van der Waals surface area contributed by atoms with E-state index in [1.54, 1.807) is 18.9 Å². The summed E-state index contributed by atoms with van der Waals surface area (Å²) < 4.78 is 15.9. The zero-order chi connectivity index (χ0) is 25.9. The molecule has 194 valence electrons. The van der Waals surface area contributed by atoms with Gasteiger partial charge in [-0.1, -0.05) is 13.0 Å². The lowest BCUT2D eigenvalue weighted by molar-refractivity contribution is 0.243. The Bertz CT molecular complexity index is 1360.